The molecule has 0 saturated carbocycles. The topological polar surface area (TPSA) is 49.4 Å². The van der Waals surface area contributed by atoms with Crippen molar-refractivity contribution in [2.45, 2.75) is 18.4 Å². The lowest BCUT2D eigenvalue weighted by Gasteiger charge is -2.12. The van der Waals surface area contributed by atoms with Crippen molar-refractivity contribution in [3.63, 3.8) is 0 Å². The molecule has 1 aromatic carbocycles. The molecule has 0 aliphatic heterocycles. The molecule has 0 amide bonds. The van der Waals surface area contributed by atoms with Crippen LogP contribution in [0.3, 0.4) is 0 Å². The van der Waals surface area contributed by atoms with Crippen molar-refractivity contribution in [3.8, 4) is 0 Å². The van der Waals surface area contributed by atoms with Gasteiger partial charge in [0.25, 0.3) is 10.2 Å². The summed E-state index contributed by atoms with van der Waals surface area (Å²) in [4.78, 5) is 1.20. The molecule has 1 rings (SSSR count). The second-order valence-electron chi connectivity index (χ2n) is 3.69. The van der Waals surface area contributed by atoms with E-state index in [0.717, 1.165) is 15.6 Å². The maximum Gasteiger partial charge on any atom is 0.279 e. The normalized spacial score (nSPS) is 12.0. The van der Waals surface area contributed by atoms with Gasteiger partial charge in [0.2, 0.25) is 0 Å². The number of rotatable bonds is 6. The fourth-order valence-corrected chi connectivity index (χ4v) is 2.44. The Morgan fingerprint density at radius 3 is 2.29 bits per heavy atom. The Morgan fingerprint density at radius 2 is 1.82 bits per heavy atom. The number of thioether (sulfide) groups is 1. The summed E-state index contributed by atoms with van der Waals surface area (Å²) in [6.45, 7) is 2.42. The van der Waals surface area contributed by atoms with Gasteiger partial charge in [-0.25, -0.2) is 0 Å². The van der Waals surface area contributed by atoms with Crippen LogP contribution >= 0.6 is 11.8 Å². The summed E-state index contributed by atoms with van der Waals surface area (Å²) in [5.74, 6) is 1.03. The molecule has 4 nitrogen and oxygen atoms in total. The van der Waals surface area contributed by atoms with E-state index in [4.69, 9.17) is 0 Å². The third-order valence-electron chi connectivity index (χ3n) is 2.17. The second-order valence-corrected chi connectivity index (χ2v) is 6.99. The summed E-state index contributed by atoms with van der Waals surface area (Å²) in [6, 6.07) is 7.90. The molecule has 0 radical (unpaired) electrons. The van der Waals surface area contributed by atoms with Crippen LogP contribution in [-0.4, -0.2) is 32.6 Å². The molecule has 0 aromatic heterocycles. The van der Waals surface area contributed by atoms with Crippen molar-refractivity contribution < 1.29 is 8.42 Å². The standard InChI is InChI=1S/C11H18N2O2S2/c1-4-16-11-7-5-10(6-8-11)9-12-17(14,15)13(2)3/h5-8,12H,4,9H2,1-3H3. The van der Waals surface area contributed by atoms with E-state index in [-0.39, 0.29) is 0 Å². The number of benzene rings is 1. The first-order valence-electron chi connectivity index (χ1n) is 5.34. The van der Waals surface area contributed by atoms with E-state index < -0.39 is 10.2 Å². The van der Waals surface area contributed by atoms with Gasteiger partial charge in [-0.1, -0.05) is 19.1 Å². The molecule has 0 saturated heterocycles. The number of hydrogen-bond donors (Lipinski definition) is 1. The molecule has 0 bridgehead atoms. The Hall–Kier alpha value is -0.560. The Labute approximate surface area is 108 Å². The first-order chi connectivity index (χ1) is 7.95. The zero-order valence-corrected chi connectivity index (χ0v) is 11.9. The minimum Gasteiger partial charge on any atom is -0.198 e. The minimum atomic E-state index is -3.34. The van der Waals surface area contributed by atoms with Gasteiger partial charge in [0.1, 0.15) is 0 Å². The van der Waals surface area contributed by atoms with Crippen LogP contribution < -0.4 is 4.72 Å². The van der Waals surface area contributed by atoms with E-state index in [0.29, 0.717) is 6.54 Å². The average Bonchev–Trinajstić information content (AvgIpc) is 2.28. The Kier molecular flexibility index (Phi) is 5.45. The van der Waals surface area contributed by atoms with Gasteiger partial charge in [-0.15, -0.1) is 11.8 Å². The molecular weight excluding hydrogens is 256 g/mol. The van der Waals surface area contributed by atoms with Crippen LogP contribution in [0.1, 0.15) is 12.5 Å². The van der Waals surface area contributed by atoms with Gasteiger partial charge in [-0.3, -0.25) is 0 Å². The lowest BCUT2D eigenvalue weighted by Crippen LogP contribution is -2.35. The van der Waals surface area contributed by atoms with Gasteiger partial charge in [0.15, 0.2) is 0 Å². The minimum absolute atomic E-state index is 0.317. The summed E-state index contributed by atoms with van der Waals surface area (Å²) in [5, 5.41) is 0. The molecule has 0 atom stereocenters. The highest BCUT2D eigenvalue weighted by atomic mass is 32.2. The third kappa shape index (κ3) is 4.67. The van der Waals surface area contributed by atoms with Crippen LogP contribution in [0.5, 0.6) is 0 Å². The molecular formula is C11H18N2O2S2. The van der Waals surface area contributed by atoms with Gasteiger partial charge >= 0.3 is 0 Å². The van der Waals surface area contributed by atoms with Crippen LogP contribution in [0, 0.1) is 0 Å². The highest BCUT2D eigenvalue weighted by molar-refractivity contribution is 7.99. The molecule has 17 heavy (non-hydrogen) atoms. The van der Waals surface area contributed by atoms with Crippen molar-refractivity contribution >= 4 is 22.0 Å². The van der Waals surface area contributed by atoms with E-state index >= 15 is 0 Å². The number of nitrogens with one attached hydrogen (secondary N) is 1. The molecule has 0 fully saturated rings. The van der Waals surface area contributed by atoms with Crippen LogP contribution in [0.2, 0.25) is 0 Å². The number of nitrogens with zero attached hydrogens (tertiary/aromatic N) is 1. The summed E-state index contributed by atoms with van der Waals surface area (Å²) in [6.07, 6.45) is 0. The molecule has 0 aliphatic rings. The second kappa shape index (κ2) is 6.39. The smallest absolute Gasteiger partial charge is 0.198 e. The lowest BCUT2D eigenvalue weighted by atomic mass is 10.2. The maximum atomic E-state index is 11.5. The molecule has 0 unspecified atom stereocenters. The van der Waals surface area contributed by atoms with Crippen LogP contribution in [0.4, 0.5) is 0 Å². The zero-order valence-electron chi connectivity index (χ0n) is 10.3. The van der Waals surface area contributed by atoms with E-state index in [1.807, 2.05) is 24.3 Å². The first-order valence-corrected chi connectivity index (χ1v) is 7.77. The quantitative estimate of drug-likeness (QED) is 0.803. The SMILES string of the molecule is CCSc1ccc(CNS(=O)(=O)N(C)C)cc1. The first kappa shape index (κ1) is 14.5. The predicted octanol–water partition coefficient (Wildman–Crippen LogP) is 1.69. The van der Waals surface area contributed by atoms with Gasteiger partial charge in [0, 0.05) is 25.5 Å². The van der Waals surface area contributed by atoms with E-state index in [1.165, 1.54) is 19.0 Å². The van der Waals surface area contributed by atoms with Crippen molar-refractivity contribution in [1.29, 1.82) is 0 Å². The average molecular weight is 274 g/mol. The van der Waals surface area contributed by atoms with Gasteiger partial charge < -0.3 is 0 Å². The van der Waals surface area contributed by atoms with Crippen molar-refractivity contribution in [2.75, 3.05) is 19.8 Å². The highest BCUT2D eigenvalue weighted by Gasteiger charge is 2.11. The van der Waals surface area contributed by atoms with Gasteiger partial charge in [-0.2, -0.15) is 17.4 Å². The van der Waals surface area contributed by atoms with E-state index in [9.17, 15) is 8.42 Å². The fourth-order valence-electron chi connectivity index (χ4n) is 1.17. The Morgan fingerprint density at radius 1 is 1.24 bits per heavy atom. The Balaban J connectivity index is 2.59. The van der Waals surface area contributed by atoms with Crippen LogP contribution in [0.15, 0.2) is 29.2 Å². The summed E-state index contributed by atoms with van der Waals surface area (Å²) in [7, 11) is -0.332. The van der Waals surface area contributed by atoms with Gasteiger partial charge in [-0.05, 0) is 23.4 Å². The highest BCUT2D eigenvalue weighted by Crippen LogP contribution is 2.17. The van der Waals surface area contributed by atoms with E-state index in [1.54, 1.807) is 11.8 Å². The molecule has 1 aromatic rings. The van der Waals surface area contributed by atoms with Gasteiger partial charge in [0.05, 0.1) is 0 Å². The summed E-state index contributed by atoms with van der Waals surface area (Å²) >= 11 is 1.77. The Bertz CT molecular complexity index is 441. The fraction of sp³-hybridized carbons (Fsp3) is 0.455. The van der Waals surface area contributed by atoms with E-state index in [2.05, 4.69) is 11.6 Å². The predicted molar refractivity (Wildman–Crippen MR) is 72.3 cm³/mol. The monoisotopic (exact) mass is 274 g/mol. The summed E-state index contributed by atoms with van der Waals surface area (Å²) < 4.78 is 26.6. The molecule has 96 valence electrons. The molecule has 0 heterocycles. The van der Waals surface area contributed by atoms with Crippen molar-refractivity contribution in [2.24, 2.45) is 0 Å². The molecule has 0 aliphatic carbocycles. The molecule has 1 N–H and O–H groups in total. The summed E-state index contributed by atoms with van der Waals surface area (Å²) in [5.41, 5.74) is 0.955. The third-order valence-corrected chi connectivity index (χ3v) is 4.54. The molecule has 6 heteroatoms. The maximum absolute atomic E-state index is 11.5. The largest absolute Gasteiger partial charge is 0.279 e. The molecule has 0 spiro atoms. The number of hydrogen-bond acceptors (Lipinski definition) is 3. The van der Waals surface area contributed by atoms with Crippen molar-refractivity contribution in [1.82, 2.24) is 9.03 Å². The zero-order chi connectivity index (χ0) is 12.9. The van der Waals surface area contributed by atoms with Crippen LogP contribution in [-0.2, 0) is 16.8 Å². The lowest BCUT2D eigenvalue weighted by molar-refractivity contribution is 0.505. The van der Waals surface area contributed by atoms with Crippen LogP contribution in [0.25, 0.3) is 0 Å². The van der Waals surface area contributed by atoms with Crippen molar-refractivity contribution in [3.05, 3.63) is 29.8 Å².